The van der Waals surface area contributed by atoms with E-state index < -0.39 is 11.6 Å². The number of ketones is 1. The van der Waals surface area contributed by atoms with E-state index in [-0.39, 0.29) is 35.3 Å². The average Bonchev–Trinajstić information content (AvgIpc) is 3.52. The number of Topliss-reactive ketones (excluding diaryl/α,β-unsaturated/α-hetero) is 1. The van der Waals surface area contributed by atoms with E-state index >= 15 is 0 Å². The van der Waals surface area contributed by atoms with Crippen molar-refractivity contribution in [3.05, 3.63) is 123 Å². The molecule has 8 rings (SSSR count). The second-order valence-corrected chi connectivity index (χ2v) is 15.2. The van der Waals surface area contributed by atoms with Gasteiger partial charge < -0.3 is 19.9 Å². The molecular formula is C40H34ClFN6O4S. The van der Waals surface area contributed by atoms with Crippen LogP contribution >= 0.6 is 22.9 Å². The highest BCUT2D eigenvalue weighted by molar-refractivity contribution is 7.17. The molecule has 10 nitrogen and oxygen atoms in total. The van der Waals surface area contributed by atoms with Gasteiger partial charge in [0, 0.05) is 72.2 Å². The lowest BCUT2D eigenvalue weighted by molar-refractivity contribution is -0.000505. The van der Waals surface area contributed by atoms with Crippen molar-refractivity contribution in [1.29, 1.82) is 5.41 Å². The maximum Gasteiger partial charge on any atom is 0.266 e. The zero-order valence-corrected chi connectivity index (χ0v) is 30.3. The molecule has 6 heterocycles. The summed E-state index contributed by atoms with van der Waals surface area (Å²) >= 11 is 7.44. The van der Waals surface area contributed by atoms with Gasteiger partial charge in [-0.25, -0.2) is 14.4 Å². The molecule has 2 aromatic carbocycles. The summed E-state index contributed by atoms with van der Waals surface area (Å²) in [5.74, 6) is -0.840. The number of anilines is 3. The summed E-state index contributed by atoms with van der Waals surface area (Å²) in [5.41, 5.74) is 3.74. The molecule has 2 amide bonds. The zero-order valence-electron chi connectivity index (χ0n) is 28.7. The van der Waals surface area contributed by atoms with Gasteiger partial charge in [-0.2, -0.15) is 0 Å². The Morgan fingerprint density at radius 1 is 1.00 bits per heavy atom. The summed E-state index contributed by atoms with van der Waals surface area (Å²) in [6.07, 6.45) is 5.66. The molecule has 1 spiro atoms. The minimum absolute atomic E-state index is 0.182. The number of nitrogens with zero attached hydrogens (tertiary/aromatic N) is 4. The lowest BCUT2D eigenvalue weighted by Gasteiger charge is -2.53. The molecule has 0 atom stereocenters. The molecule has 2 saturated heterocycles. The van der Waals surface area contributed by atoms with Crippen LogP contribution in [0, 0.1) is 23.6 Å². The van der Waals surface area contributed by atoms with E-state index in [0.717, 1.165) is 55.1 Å². The Kier molecular flexibility index (Phi) is 9.13. The third-order valence-corrected chi connectivity index (χ3v) is 11.7. The fraction of sp³-hybridized carbons (Fsp3) is 0.250. The first-order valence-corrected chi connectivity index (χ1v) is 18.5. The Hall–Kier alpha value is -5.30. The van der Waals surface area contributed by atoms with Crippen molar-refractivity contribution < 1.29 is 23.5 Å². The van der Waals surface area contributed by atoms with Gasteiger partial charge in [-0.05, 0) is 91.9 Å². The van der Waals surface area contributed by atoms with Crippen LogP contribution in [-0.2, 0) is 11.2 Å². The van der Waals surface area contributed by atoms with Gasteiger partial charge in [0.2, 0.25) is 5.78 Å². The monoisotopic (exact) mass is 748 g/mol. The van der Waals surface area contributed by atoms with Crippen molar-refractivity contribution >= 4 is 63.6 Å². The van der Waals surface area contributed by atoms with Crippen molar-refractivity contribution in [3.63, 3.8) is 0 Å². The number of nitrogens with one attached hydrogen (secondary N) is 2. The van der Waals surface area contributed by atoms with Crippen LogP contribution < -0.4 is 15.1 Å². The first-order valence-electron chi connectivity index (χ1n) is 17.3. The molecule has 53 heavy (non-hydrogen) atoms. The molecule has 268 valence electrons. The summed E-state index contributed by atoms with van der Waals surface area (Å²) in [6.45, 7) is 5.18. The van der Waals surface area contributed by atoms with Gasteiger partial charge in [-0.3, -0.25) is 19.8 Å². The van der Waals surface area contributed by atoms with Crippen LogP contribution in [0.4, 0.5) is 21.7 Å². The minimum atomic E-state index is -0.502. The number of halogens is 2. The predicted molar refractivity (Wildman–Crippen MR) is 204 cm³/mol. The number of carbonyl (C=O) groups excluding carboxylic acids is 3. The van der Waals surface area contributed by atoms with E-state index in [9.17, 15) is 18.8 Å². The lowest BCUT2D eigenvalue weighted by Crippen LogP contribution is -2.59. The van der Waals surface area contributed by atoms with Crippen LogP contribution in [0.3, 0.4) is 0 Å². The maximum absolute atomic E-state index is 14.8. The minimum Gasteiger partial charge on any atom is -0.381 e. The van der Waals surface area contributed by atoms with Crippen molar-refractivity contribution in [2.24, 2.45) is 5.41 Å². The van der Waals surface area contributed by atoms with E-state index in [1.54, 1.807) is 60.8 Å². The Morgan fingerprint density at radius 2 is 1.75 bits per heavy atom. The largest absolute Gasteiger partial charge is 0.381 e. The molecule has 5 aromatic rings. The number of ether oxygens (including phenoxy) is 1. The van der Waals surface area contributed by atoms with E-state index in [1.807, 2.05) is 6.92 Å². The van der Waals surface area contributed by atoms with Crippen LogP contribution in [0.1, 0.15) is 59.9 Å². The number of pyridine rings is 2. The highest BCUT2D eigenvalue weighted by Crippen LogP contribution is 2.44. The molecule has 2 fully saturated rings. The van der Waals surface area contributed by atoms with Gasteiger partial charge in [-0.1, -0.05) is 23.7 Å². The molecular weight excluding hydrogens is 715 g/mol. The van der Waals surface area contributed by atoms with E-state index in [2.05, 4.69) is 20.2 Å². The Labute approximate surface area is 314 Å². The second kappa shape index (κ2) is 13.9. The van der Waals surface area contributed by atoms with Crippen LogP contribution in [0.5, 0.6) is 0 Å². The lowest BCUT2D eigenvalue weighted by atomic mass is 9.73. The first kappa shape index (κ1) is 34.8. The van der Waals surface area contributed by atoms with Gasteiger partial charge in [0.05, 0.1) is 21.2 Å². The maximum atomic E-state index is 14.8. The van der Waals surface area contributed by atoms with Crippen molar-refractivity contribution in [3.8, 4) is 10.4 Å². The normalized spacial score (nSPS) is 15.9. The molecule has 0 radical (unpaired) electrons. The molecule has 0 aliphatic carbocycles. The van der Waals surface area contributed by atoms with Gasteiger partial charge in [0.25, 0.3) is 11.8 Å². The molecule has 0 saturated carbocycles. The van der Waals surface area contributed by atoms with Crippen LogP contribution in [0.15, 0.2) is 79.1 Å². The standard InChI is InChI=1S/C40H34ClFN6O4S/c1-23-17-29(37(45-20-23)47-21-40(22-47)11-15-52-16-12-40)34(49)33(43)24-4-6-25(7-5-24)39(51)48-14-10-26-18-32(38(50)46-36-30(41)3-2-13-44-36)53-35(26)28-9-8-27(42)19-31(28)48/h2-9,13,17-20,43H,10-12,14-16,21-22H2,1H3,(H,44,46,50). The summed E-state index contributed by atoms with van der Waals surface area (Å²) in [4.78, 5) is 54.6. The number of amides is 2. The Balaban J connectivity index is 1.01. The van der Waals surface area contributed by atoms with Gasteiger partial charge in [-0.15, -0.1) is 11.3 Å². The number of hydrogen-bond donors (Lipinski definition) is 2. The van der Waals surface area contributed by atoms with Gasteiger partial charge in [0.1, 0.15) is 17.3 Å². The van der Waals surface area contributed by atoms with E-state index in [1.165, 1.54) is 34.6 Å². The number of rotatable bonds is 7. The van der Waals surface area contributed by atoms with Crippen LogP contribution in [0.2, 0.25) is 5.02 Å². The van der Waals surface area contributed by atoms with E-state index in [0.29, 0.717) is 50.1 Å². The average molecular weight is 749 g/mol. The molecule has 3 aromatic heterocycles. The number of thiophene rings is 1. The van der Waals surface area contributed by atoms with Crippen molar-refractivity contribution in [1.82, 2.24) is 9.97 Å². The Bertz CT molecular complexity index is 2300. The van der Waals surface area contributed by atoms with E-state index in [4.69, 9.17) is 21.7 Å². The third kappa shape index (κ3) is 6.62. The molecule has 2 N–H and O–H groups in total. The molecule has 3 aliphatic heterocycles. The molecule has 0 unspecified atom stereocenters. The fourth-order valence-corrected chi connectivity index (χ4v) is 8.61. The summed E-state index contributed by atoms with van der Waals surface area (Å²) in [7, 11) is 0. The number of benzene rings is 2. The summed E-state index contributed by atoms with van der Waals surface area (Å²) in [5, 5.41) is 11.9. The number of hydrogen-bond acceptors (Lipinski definition) is 9. The topological polar surface area (TPSA) is 129 Å². The number of aryl methyl sites for hydroxylation is 1. The SMILES string of the molecule is Cc1cnc(N2CC3(CCOCC3)C2)c(C(=O)C(=N)c2ccc(C(=O)N3CCc4cc(C(=O)Nc5ncccc5Cl)sc4-c4ccc(F)cc43)cc2)c1. The highest BCUT2D eigenvalue weighted by atomic mass is 35.5. The predicted octanol–water partition coefficient (Wildman–Crippen LogP) is 7.63. The first-order chi connectivity index (χ1) is 25.6. The highest BCUT2D eigenvalue weighted by Gasteiger charge is 2.45. The summed E-state index contributed by atoms with van der Waals surface area (Å²) in [6, 6.07) is 17.5. The number of carbonyl (C=O) groups is 3. The summed E-state index contributed by atoms with van der Waals surface area (Å²) < 4.78 is 20.3. The molecule has 13 heteroatoms. The number of aromatic nitrogens is 2. The van der Waals surface area contributed by atoms with Gasteiger partial charge >= 0.3 is 0 Å². The van der Waals surface area contributed by atoms with Crippen molar-refractivity contribution in [2.45, 2.75) is 26.2 Å². The molecule has 3 aliphatic rings. The van der Waals surface area contributed by atoms with Crippen LogP contribution in [-0.4, -0.2) is 66.1 Å². The zero-order chi connectivity index (χ0) is 36.9. The second-order valence-electron chi connectivity index (χ2n) is 13.8. The fourth-order valence-electron chi connectivity index (χ4n) is 7.30. The smallest absolute Gasteiger partial charge is 0.266 e. The van der Waals surface area contributed by atoms with Crippen molar-refractivity contribution in [2.75, 3.05) is 48.0 Å². The quantitative estimate of drug-likeness (QED) is 0.129. The Morgan fingerprint density at radius 3 is 2.51 bits per heavy atom. The van der Waals surface area contributed by atoms with Crippen LogP contribution in [0.25, 0.3) is 10.4 Å². The van der Waals surface area contributed by atoms with Gasteiger partial charge in [0.15, 0.2) is 5.82 Å². The molecule has 0 bridgehead atoms. The third-order valence-electron chi connectivity index (χ3n) is 10.2. The number of fused-ring (bicyclic) bond motifs is 3.